The van der Waals surface area contributed by atoms with Crippen LogP contribution in [0.2, 0.25) is 10.0 Å². The van der Waals surface area contributed by atoms with Crippen molar-refractivity contribution in [1.29, 1.82) is 0 Å². The number of nitrogens with one attached hydrogen (secondary N) is 1. The normalized spacial score (nSPS) is 10.7. The number of carbonyl (C=O) groups excluding carboxylic acids is 1. The van der Waals surface area contributed by atoms with Crippen molar-refractivity contribution < 1.29 is 4.79 Å². The third kappa shape index (κ3) is 4.87. The molecule has 0 aliphatic rings. The summed E-state index contributed by atoms with van der Waals surface area (Å²) in [6.07, 6.45) is 0. The molecule has 0 saturated heterocycles. The standard InChI is InChI=1S/C17H13Cl2N3OSSe/c1-10-2-5-12(6-3-10)20-15(23)9-24-17-16(21-22-25-17)11-4-7-13(18)14(19)8-11/h2-8H,9H2,1H3,(H,20,23). The molecule has 3 rings (SSSR count). The van der Waals surface area contributed by atoms with Gasteiger partial charge in [0, 0.05) is 0 Å². The molecule has 0 bridgehead atoms. The van der Waals surface area contributed by atoms with Crippen LogP contribution in [0.3, 0.4) is 0 Å². The van der Waals surface area contributed by atoms with Gasteiger partial charge < -0.3 is 0 Å². The Morgan fingerprint density at radius 2 is 1.92 bits per heavy atom. The zero-order chi connectivity index (χ0) is 17.8. The third-order valence-electron chi connectivity index (χ3n) is 3.32. The molecule has 0 unspecified atom stereocenters. The summed E-state index contributed by atoms with van der Waals surface area (Å²) in [6, 6.07) is 13.1. The molecule has 2 aromatic carbocycles. The number of amides is 1. The molecule has 0 aliphatic heterocycles. The van der Waals surface area contributed by atoms with Gasteiger partial charge in [-0.15, -0.1) is 0 Å². The van der Waals surface area contributed by atoms with Crippen LogP contribution in [0.1, 0.15) is 5.56 Å². The van der Waals surface area contributed by atoms with Crippen molar-refractivity contribution in [3.8, 4) is 11.3 Å². The van der Waals surface area contributed by atoms with Gasteiger partial charge in [0.15, 0.2) is 0 Å². The molecule has 1 amide bonds. The summed E-state index contributed by atoms with van der Waals surface area (Å²) in [5.74, 6) is 0.249. The number of benzene rings is 2. The first-order valence-electron chi connectivity index (χ1n) is 7.30. The molecule has 1 N–H and O–H groups in total. The molecule has 1 aromatic heterocycles. The predicted octanol–water partition coefficient (Wildman–Crippen LogP) is 4.55. The number of anilines is 1. The van der Waals surface area contributed by atoms with Gasteiger partial charge in [0.2, 0.25) is 0 Å². The van der Waals surface area contributed by atoms with Gasteiger partial charge in [-0.3, -0.25) is 0 Å². The molecule has 0 saturated carbocycles. The Kier molecular flexibility index (Phi) is 6.20. The van der Waals surface area contributed by atoms with Crippen LogP contribution in [0.5, 0.6) is 0 Å². The van der Waals surface area contributed by atoms with Crippen LogP contribution < -0.4 is 5.32 Å². The molecule has 8 heteroatoms. The van der Waals surface area contributed by atoms with E-state index in [1.165, 1.54) is 11.8 Å². The quantitative estimate of drug-likeness (QED) is 0.452. The molecular weight excluding hydrogens is 444 g/mol. The second-order valence-electron chi connectivity index (χ2n) is 5.24. The first-order valence-corrected chi connectivity index (χ1v) is 10.7. The van der Waals surface area contributed by atoms with Gasteiger partial charge in [-0.25, -0.2) is 0 Å². The second-order valence-corrected chi connectivity index (χ2v) is 9.21. The Morgan fingerprint density at radius 3 is 2.64 bits per heavy atom. The Bertz CT molecular complexity index is 899. The SMILES string of the molecule is Cc1ccc(NC(=O)CSc2[se]nnc2-c2ccc(Cl)c(Cl)c2)cc1. The molecule has 0 fully saturated rings. The average molecular weight is 457 g/mol. The maximum atomic E-state index is 12.1. The summed E-state index contributed by atoms with van der Waals surface area (Å²) >= 11 is 13.4. The fraction of sp³-hybridized carbons (Fsp3) is 0.118. The monoisotopic (exact) mass is 457 g/mol. The number of carbonyl (C=O) groups is 1. The van der Waals surface area contributed by atoms with Crippen molar-refractivity contribution >= 4 is 61.3 Å². The van der Waals surface area contributed by atoms with Gasteiger partial charge in [0.05, 0.1) is 0 Å². The summed E-state index contributed by atoms with van der Waals surface area (Å²) in [4.78, 5) is 12.1. The van der Waals surface area contributed by atoms with Crippen molar-refractivity contribution in [2.24, 2.45) is 0 Å². The summed E-state index contributed by atoms with van der Waals surface area (Å²) < 4.78 is 5.14. The van der Waals surface area contributed by atoms with E-state index in [2.05, 4.69) is 14.5 Å². The Labute approximate surface area is 165 Å². The second kappa shape index (κ2) is 8.39. The van der Waals surface area contributed by atoms with Gasteiger partial charge in [0.25, 0.3) is 0 Å². The van der Waals surface area contributed by atoms with Crippen LogP contribution >= 0.6 is 35.0 Å². The van der Waals surface area contributed by atoms with E-state index in [4.69, 9.17) is 23.2 Å². The minimum absolute atomic E-state index is 0.0578. The minimum atomic E-state index is -0.115. The predicted molar refractivity (Wildman–Crippen MR) is 105 cm³/mol. The van der Waals surface area contributed by atoms with E-state index in [0.29, 0.717) is 15.8 Å². The first-order chi connectivity index (χ1) is 12.0. The van der Waals surface area contributed by atoms with Gasteiger partial charge in [-0.1, -0.05) is 0 Å². The number of thioether (sulfide) groups is 1. The molecule has 1 heterocycles. The van der Waals surface area contributed by atoms with Crippen LogP contribution in [0.4, 0.5) is 5.69 Å². The number of nitrogens with zero attached hydrogens (tertiary/aromatic N) is 2. The van der Waals surface area contributed by atoms with Crippen LogP contribution in [-0.2, 0) is 4.79 Å². The first kappa shape index (κ1) is 18.5. The van der Waals surface area contributed by atoms with Crippen molar-refractivity contribution in [3.05, 3.63) is 58.1 Å². The van der Waals surface area contributed by atoms with E-state index in [1.54, 1.807) is 12.1 Å². The third-order valence-corrected chi connectivity index (χ3v) is 7.15. The molecular formula is C17H13Cl2N3OSSe. The summed E-state index contributed by atoms with van der Waals surface area (Å²) in [5.41, 5.74) is 3.58. The Hall–Kier alpha value is -1.30. The zero-order valence-corrected chi connectivity index (χ0v) is 17.2. The van der Waals surface area contributed by atoms with Gasteiger partial charge >= 0.3 is 166 Å². The van der Waals surface area contributed by atoms with E-state index in [1.807, 2.05) is 37.3 Å². The number of hydrogen-bond acceptors (Lipinski definition) is 4. The molecule has 0 radical (unpaired) electrons. The van der Waals surface area contributed by atoms with Crippen molar-refractivity contribution in [1.82, 2.24) is 9.19 Å². The molecule has 0 atom stereocenters. The average Bonchev–Trinajstić information content (AvgIpc) is 3.06. The summed E-state index contributed by atoms with van der Waals surface area (Å²) in [5, 5.41) is 8.07. The van der Waals surface area contributed by atoms with Crippen LogP contribution in [0.25, 0.3) is 11.3 Å². The van der Waals surface area contributed by atoms with Crippen molar-refractivity contribution in [2.45, 2.75) is 10.7 Å². The Morgan fingerprint density at radius 1 is 1.16 bits per heavy atom. The Balaban J connectivity index is 1.66. The number of rotatable bonds is 5. The van der Waals surface area contributed by atoms with Crippen LogP contribution in [-0.4, -0.2) is 35.6 Å². The zero-order valence-electron chi connectivity index (χ0n) is 13.1. The summed E-state index contributed by atoms with van der Waals surface area (Å²) in [6.45, 7) is 2.01. The summed E-state index contributed by atoms with van der Waals surface area (Å²) in [7, 11) is 0. The van der Waals surface area contributed by atoms with E-state index in [-0.39, 0.29) is 20.6 Å². The molecule has 128 valence electrons. The molecule has 0 aliphatic carbocycles. The molecule has 4 nitrogen and oxygen atoms in total. The van der Waals surface area contributed by atoms with E-state index in [0.717, 1.165) is 26.3 Å². The number of aromatic nitrogens is 2. The fourth-order valence-corrected chi connectivity index (χ4v) is 4.84. The van der Waals surface area contributed by atoms with Crippen molar-refractivity contribution in [2.75, 3.05) is 11.1 Å². The van der Waals surface area contributed by atoms with Gasteiger partial charge in [-0.2, -0.15) is 0 Å². The topological polar surface area (TPSA) is 54.9 Å². The van der Waals surface area contributed by atoms with E-state index < -0.39 is 0 Å². The maximum absolute atomic E-state index is 12.1. The van der Waals surface area contributed by atoms with E-state index in [9.17, 15) is 4.79 Å². The number of aryl methyl sites for hydroxylation is 1. The van der Waals surface area contributed by atoms with Crippen molar-refractivity contribution in [3.63, 3.8) is 0 Å². The van der Waals surface area contributed by atoms with E-state index >= 15 is 0 Å². The molecule has 25 heavy (non-hydrogen) atoms. The van der Waals surface area contributed by atoms with Gasteiger partial charge in [0.1, 0.15) is 0 Å². The van der Waals surface area contributed by atoms with Crippen LogP contribution in [0, 0.1) is 6.92 Å². The fourth-order valence-electron chi connectivity index (χ4n) is 2.06. The van der Waals surface area contributed by atoms with Crippen LogP contribution in [0.15, 0.2) is 46.2 Å². The van der Waals surface area contributed by atoms with Gasteiger partial charge in [-0.05, 0) is 0 Å². The number of halogens is 2. The number of hydrogen-bond donors (Lipinski definition) is 1. The molecule has 3 aromatic rings. The molecule has 0 spiro atoms.